The maximum absolute atomic E-state index is 5.44. The lowest BCUT2D eigenvalue weighted by atomic mass is 9.87. The Kier molecular flexibility index (Phi) is 6.20. The fraction of sp³-hybridized carbons (Fsp3) is 1.00. The van der Waals surface area contributed by atoms with Gasteiger partial charge in [-0.25, -0.2) is 0 Å². The summed E-state index contributed by atoms with van der Waals surface area (Å²) in [5.74, 6) is 0.915. The van der Waals surface area contributed by atoms with Gasteiger partial charge in [-0.2, -0.15) is 0 Å². The van der Waals surface area contributed by atoms with Crippen molar-refractivity contribution in [2.75, 3.05) is 19.8 Å². The van der Waals surface area contributed by atoms with Crippen LogP contribution >= 0.6 is 0 Å². The van der Waals surface area contributed by atoms with E-state index in [1.165, 1.54) is 25.7 Å². The normalized spacial score (nSPS) is 27.9. The fourth-order valence-electron chi connectivity index (χ4n) is 2.20. The summed E-state index contributed by atoms with van der Waals surface area (Å²) in [6.07, 6.45) is 6.66. The van der Waals surface area contributed by atoms with Crippen LogP contribution in [0.3, 0.4) is 0 Å². The summed E-state index contributed by atoms with van der Waals surface area (Å²) in [4.78, 5) is 0. The first-order chi connectivity index (χ1) is 6.83. The lowest BCUT2D eigenvalue weighted by Crippen LogP contribution is -2.35. The minimum absolute atomic E-state index is 0.754. The quantitative estimate of drug-likeness (QED) is 0.664. The molecule has 2 atom stereocenters. The third-order valence-corrected chi connectivity index (χ3v) is 2.96. The molecule has 1 N–H and O–H groups in total. The van der Waals surface area contributed by atoms with E-state index in [4.69, 9.17) is 4.74 Å². The average Bonchev–Trinajstić information content (AvgIpc) is 2.18. The third-order valence-electron chi connectivity index (χ3n) is 2.96. The van der Waals surface area contributed by atoms with E-state index in [0.717, 1.165) is 38.1 Å². The smallest absolute Gasteiger partial charge is 0.0590 e. The lowest BCUT2D eigenvalue weighted by Gasteiger charge is -2.27. The summed E-state index contributed by atoms with van der Waals surface area (Å²) in [6, 6.07) is 0.754. The van der Waals surface area contributed by atoms with E-state index in [-0.39, 0.29) is 0 Å². The van der Waals surface area contributed by atoms with Crippen LogP contribution in [0.1, 0.15) is 46.0 Å². The predicted molar refractivity (Wildman–Crippen MR) is 60.5 cm³/mol. The second kappa shape index (κ2) is 7.24. The molecule has 0 aromatic rings. The predicted octanol–water partition coefficient (Wildman–Crippen LogP) is 2.58. The monoisotopic (exact) mass is 199 g/mol. The van der Waals surface area contributed by atoms with Gasteiger partial charge in [-0.15, -0.1) is 0 Å². The molecule has 0 spiro atoms. The summed E-state index contributed by atoms with van der Waals surface area (Å²) in [5.41, 5.74) is 0. The van der Waals surface area contributed by atoms with E-state index in [1.807, 2.05) is 0 Å². The molecule has 0 radical (unpaired) electrons. The highest BCUT2D eigenvalue weighted by molar-refractivity contribution is 4.75. The zero-order valence-corrected chi connectivity index (χ0v) is 9.72. The molecule has 14 heavy (non-hydrogen) atoms. The molecule has 2 heteroatoms. The lowest BCUT2D eigenvalue weighted by molar-refractivity contribution is 0.131. The van der Waals surface area contributed by atoms with Gasteiger partial charge >= 0.3 is 0 Å². The number of hydrogen-bond acceptors (Lipinski definition) is 2. The van der Waals surface area contributed by atoms with Crippen molar-refractivity contribution in [2.45, 2.75) is 52.0 Å². The molecule has 0 aliphatic heterocycles. The Hall–Kier alpha value is -0.0800. The molecule has 0 bridgehead atoms. The second-order valence-corrected chi connectivity index (χ2v) is 4.54. The molecule has 0 heterocycles. The van der Waals surface area contributed by atoms with Crippen LogP contribution in [0, 0.1) is 5.92 Å². The largest absolute Gasteiger partial charge is 0.380 e. The highest BCUT2D eigenvalue weighted by Crippen LogP contribution is 2.23. The molecule has 84 valence electrons. The van der Waals surface area contributed by atoms with Crippen molar-refractivity contribution in [1.82, 2.24) is 5.32 Å². The maximum Gasteiger partial charge on any atom is 0.0590 e. The number of nitrogens with one attached hydrogen (secondary N) is 1. The Morgan fingerprint density at radius 2 is 2.14 bits per heavy atom. The van der Waals surface area contributed by atoms with E-state index in [0.29, 0.717) is 0 Å². The molecule has 1 fully saturated rings. The Labute approximate surface area is 88.4 Å². The minimum atomic E-state index is 0.754. The molecule has 0 aromatic heterocycles. The van der Waals surface area contributed by atoms with Gasteiger partial charge in [-0.05, 0) is 25.2 Å². The van der Waals surface area contributed by atoms with Crippen molar-refractivity contribution in [3.8, 4) is 0 Å². The van der Waals surface area contributed by atoms with Crippen molar-refractivity contribution < 1.29 is 4.74 Å². The van der Waals surface area contributed by atoms with Gasteiger partial charge in [0.25, 0.3) is 0 Å². The standard InChI is InChI=1S/C12H25NO/c1-3-8-14-9-7-13-12-6-4-5-11(2)10-12/h11-13H,3-10H2,1-2H3. The van der Waals surface area contributed by atoms with Gasteiger partial charge in [0, 0.05) is 19.2 Å². The first kappa shape index (κ1) is 12.0. The molecule has 1 aliphatic rings. The van der Waals surface area contributed by atoms with Gasteiger partial charge in [0.2, 0.25) is 0 Å². The van der Waals surface area contributed by atoms with Crippen LogP contribution in [0.15, 0.2) is 0 Å². The Bertz CT molecular complexity index is 138. The zero-order valence-electron chi connectivity index (χ0n) is 9.72. The van der Waals surface area contributed by atoms with Crippen molar-refractivity contribution in [1.29, 1.82) is 0 Å². The molecule has 0 aromatic carbocycles. The van der Waals surface area contributed by atoms with E-state index in [2.05, 4.69) is 19.2 Å². The van der Waals surface area contributed by atoms with Gasteiger partial charge in [0.15, 0.2) is 0 Å². The van der Waals surface area contributed by atoms with Crippen LogP contribution < -0.4 is 5.32 Å². The summed E-state index contributed by atoms with van der Waals surface area (Å²) in [7, 11) is 0. The van der Waals surface area contributed by atoms with Crippen molar-refractivity contribution in [2.24, 2.45) is 5.92 Å². The molecule has 1 rings (SSSR count). The summed E-state index contributed by atoms with van der Waals surface area (Å²) >= 11 is 0. The first-order valence-electron chi connectivity index (χ1n) is 6.14. The minimum Gasteiger partial charge on any atom is -0.380 e. The molecule has 2 unspecified atom stereocenters. The second-order valence-electron chi connectivity index (χ2n) is 4.54. The average molecular weight is 199 g/mol. The van der Waals surface area contributed by atoms with Gasteiger partial charge in [0.1, 0.15) is 0 Å². The van der Waals surface area contributed by atoms with Crippen LogP contribution in [0.4, 0.5) is 0 Å². The topological polar surface area (TPSA) is 21.3 Å². The molecular formula is C12H25NO. The highest BCUT2D eigenvalue weighted by Gasteiger charge is 2.17. The Morgan fingerprint density at radius 3 is 2.86 bits per heavy atom. The van der Waals surface area contributed by atoms with E-state index >= 15 is 0 Å². The SMILES string of the molecule is CCCOCCNC1CCCC(C)C1. The third kappa shape index (κ3) is 4.97. The van der Waals surface area contributed by atoms with Crippen LogP contribution in [0.5, 0.6) is 0 Å². The number of rotatable bonds is 6. The van der Waals surface area contributed by atoms with Gasteiger partial charge in [-0.3, -0.25) is 0 Å². The van der Waals surface area contributed by atoms with Gasteiger partial charge in [0.05, 0.1) is 6.61 Å². The molecular weight excluding hydrogens is 174 g/mol. The van der Waals surface area contributed by atoms with Crippen molar-refractivity contribution in [3.05, 3.63) is 0 Å². The van der Waals surface area contributed by atoms with Crippen molar-refractivity contribution >= 4 is 0 Å². The molecule has 0 saturated heterocycles. The van der Waals surface area contributed by atoms with Crippen LogP contribution in [-0.2, 0) is 4.74 Å². The first-order valence-corrected chi connectivity index (χ1v) is 6.14. The number of hydrogen-bond donors (Lipinski definition) is 1. The maximum atomic E-state index is 5.44. The van der Waals surface area contributed by atoms with Crippen LogP contribution in [0.2, 0.25) is 0 Å². The van der Waals surface area contributed by atoms with Gasteiger partial charge in [-0.1, -0.05) is 26.7 Å². The van der Waals surface area contributed by atoms with Gasteiger partial charge < -0.3 is 10.1 Å². The zero-order chi connectivity index (χ0) is 10.2. The van der Waals surface area contributed by atoms with Crippen molar-refractivity contribution in [3.63, 3.8) is 0 Å². The van der Waals surface area contributed by atoms with E-state index in [1.54, 1.807) is 0 Å². The van der Waals surface area contributed by atoms with Crippen LogP contribution in [0.25, 0.3) is 0 Å². The molecule has 2 nitrogen and oxygen atoms in total. The Balaban J connectivity index is 1.95. The Morgan fingerprint density at radius 1 is 1.29 bits per heavy atom. The van der Waals surface area contributed by atoms with E-state index in [9.17, 15) is 0 Å². The molecule has 1 saturated carbocycles. The highest BCUT2D eigenvalue weighted by atomic mass is 16.5. The fourth-order valence-corrected chi connectivity index (χ4v) is 2.20. The number of ether oxygens (including phenoxy) is 1. The summed E-state index contributed by atoms with van der Waals surface area (Å²) < 4.78 is 5.44. The van der Waals surface area contributed by atoms with Crippen LogP contribution in [-0.4, -0.2) is 25.8 Å². The summed E-state index contributed by atoms with van der Waals surface area (Å²) in [6.45, 7) is 7.32. The summed E-state index contributed by atoms with van der Waals surface area (Å²) in [5, 5.41) is 3.59. The van der Waals surface area contributed by atoms with E-state index < -0.39 is 0 Å². The molecule has 1 aliphatic carbocycles. The molecule has 0 amide bonds.